The molecular weight excluding hydrogens is 392 g/mol. The van der Waals surface area contributed by atoms with Crippen molar-refractivity contribution in [2.75, 3.05) is 46.0 Å². The number of rotatable bonds is 8. The number of hydrogen-bond donors (Lipinski definition) is 0. The van der Waals surface area contributed by atoms with Crippen molar-refractivity contribution in [2.45, 2.75) is 52.5 Å². The third-order valence-electron chi connectivity index (χ3n) is 5.59. The molecule has 164 valence electrons. The maximum absolute atomic E-state index is 13.3. The van der Waals surface area contributed by atoms with Crippen molar-refractivity contribution in [3.05, 3.63) is 28.3 Å². The predicted molar refractivity (Wildman–Crippen MR) is 113 cm³/mol. The Balaban J connectivity index is 2.04. The summed E-state index contributed by atoms with van der Waals surface area (Å²) in [7, 11) is -3.61. The lowest BCUT2D eigenvalue weighted by molar-refractivity contribution is -0.144. The summed E-state index contributed by atoms with van der Waals surface area (Å²) in [6.45, 7) is 13.9. The van der Waals surface area contributed by atoms with Crippen LogP contribution in [0, 0.1) is 27.7 Å². The quantitative estimate of drug-likeness (QED) is 0.596. The van der Waals surface area contributed by atoms with Gasteiger partial charge in [0.1, 0.15) is 6.10 Å². The summed E-state index contributed by atoms with van der Waals surface area (Å²) >= 11 is 0. The number of piperazine rings is 1. The van der Waals surface area contributed by atoms with Crippen LogP contribution < -0.4 is 0 Å². The average Bonchev–Trinajstić information content (AvgIpc) is 2.69. The molecule has 0 saturated carbocycles. The molecule has 1 amide bonds. The van der Waals surface area contributed by atoms with E-state index in [1.807, 2.05) is 40.7 Å². The molecule has 0 spiro atoms. The molecule has 29 heavy (non-hydrogen) atoms. The number of sulfonamides is 1. The Kier molecular flexibility index (Phi) is 8.22. The van der Waals surface area contributed by atoms with Crippen molar-refractivity contribution >= 4 is 15.9 Å². The molecule has 1 fully saturated rings. The molecule has 0 aromatic heterocycles. The fourth-order valence-electron chi connectivity index (χ4n) is 3.60. The van der Waals surface area contributed by atoms with Gasteiger partial charge in [0.05, 0.1) is 18.1 Å². The number of aryl methyl sites for hydroxylation is 2. The average molecular weight is 427 g/mol. The minimum absolute atomic E-state index is 0.114. The molecule has 2 rings (SSSR count). The first-order chi connectivity index (χ1) is 13.6. The van der Waals surface area contributed by atoms with E-state index in [-0.39, 0.29) is 19.0 Å². The molecule has 1 aromatic rings. The zero-order valence-electron chi connectivity index (χ0n) is 18.4. The zero-order valence-corrected chi connectivity index (χ0v) is 19.3. The van der Waals surface area contributed by atoms with Gasteiger partial charge in [-0.1, -0.05) is 6.07 Å². The van der Waals surface area contributed by atoms with Crippen molar-refractivity contribution in [2.24, 2.45) is 0 Å². The second-order valence-corrected chi connectivity index (χ2v) is 9.40. The molecule has 1 aromatic carbocycles. The van der Waals surface area contributed by atoms with E-state index in [9.17, 15) is 13.2 Å². The van der Waals surface area contributed by atoms with Gasteiger partial charge in [0.25, 0.3) is 5.91 Å². The maximum atomic E-state index is 13.3. The normalized spacial score (nSPS) is 16.8. The van der Waals surface area contributed by atoms with Gasteiger partial charge in [0.15, 0.2) is 0 Å². The second-order valence-electron chi connectivity index (χ2n) is 7.53. The summed E-state index contributed by atoms with van der Waals surface area (Å²) in [5, 5.41) is 0. The predicted octanol–water partition coefficient (Wildman–Crippen LogP) is 2.19. The summed E-state index contributed by atoms with van der Waals surface area (Å²) in [4.78, 5) is 14.7. The summed E-state index contributed by atoms with van der Waals surface area (Å²) in [6, 6.07) is 2.02. The smallest absolute Gasteiger partial charge is 0.251 e. The molecule has 1 saturated heterocycles. The molecule has 0 N–H and O–H groups in total. The number of ether oxygens (including phenoxy) is 2. The van der Waals surface area contributed by atoms with Crippen LogP contribution >= 0.6 is 0 Å². The van der Waals surface area contributed by atoms with E-state index in [1.165, 1.54) is 4.31 Å². The molecule has 1 unspecified atom stereocenters. The Bertz CT molecular complexity index is 804. The van der Waals surface area contributed by atoms with Gasteiger partial charge in [-0.15, -0.1) is 0 Å². The number of nitrogens with zero attached hydrogens (tertiary/aromatic N) is 2. The van der Waals surface area contributed by atoms with Gasteiger partial charge in [-0.3, -0.25) is 4.79 Å². The Morgan fingerprint density at radius 2 is 1.59 bits per heavy atom. The first-order valence-corrected chi connectivity index (χ1v) is 11.6. The highest BCUT2D eigenvalue weighted by molar-refractivity contribution is 7.89. The first-order valence-electron chi connectivity index (χ1n) is 10.2. The van der Waals surface area contributed by atoms with Gasteiger partial charge >= 0.3 is 0 Å². The molecule has 1 aliphatic rings. The van der Waals surface area contributed by atoms with Crippen LogP contribution in [0.5, 0.6) is 0 Å². The van der Waals surface area contributed by atoms with Crippen LogP contribution in [0.15, 0.2) is 11.0 Å². The van der Waals surface area contributed by atoms with E-state index in [0.29, 0.717) is 37.8 Å². The lowest BCUT2D eigenvalue weighted by atomic mass is 10.0. The highest BCUT2D eigenvalue weighted by Gasteiger charge is 2.33. The Hall–Kier alpha value is -1.48. The maximum Gasteiger partial charge on any atom is 0.251 e. The third-order valence-corrected chi connectivity index (χ3v) is 7.77. The van der Waals surface area contributed by atoms with E-state index in [4.69, 9.17) is 9.47 Å². The SMILES string of the molecule is CCOCCOC(C)C(=O)N1CCN(S(=O)(=O)c2c(C)c(C)cc(C)c2C)CC1. The highest BCUT2D eigenvalue weighted by atomic mass is 32.2. The lowest BCUT2D eigenvalue weighted by Crippen LogP contribution is -2.53. The molecule has 0 radical (unpaired) electrons. The van der Waals surface area contributed by atoms with E-state index < -0.39 is 16.1 Å². The van der Waals surface area contributed by atoms with Gasteiger partial charge in [-0.2, -0.15) is 4.31 Å². The van der Waals surface area contributed by atoms with Gasteiger partial charge in [-0.25, -0.2) is 8.42 Å². The minimum atomic E-state index is -3.61. The highest BCUT2D eigenvalue weighted by Crippen LogP contribution is 2.29. The van der Waals surface area contributed by atoms with Crippen molar-refractivity contribution in [1.82, 2.24) is 9.21 Å². The Labute approximate surface area is 175 Å². The third kappa shape index (κ3) is 5.36. The Morgan fingerprint density at radius 3 is 2.10 bits per heavy atom. The first kappa shape index (κ1) is 23.8. The van der Waals surface area contributed by atoms with Crippen LogP contribution in [0.2, 0.25) is 0 Å². The number of benzene rings is 1. The van der Waals surface area contributed by atoms with Crippen LogP contribution in [-0.2, 0) is 24.3 Å². The van der Waals surface area contributed by atoms with E-state index in [1.54, 1.807) is 11.8 Å². The van der Waals surface area contributed by atoms with E-state index in [0.717, 1.165) is 22.3 Å². The van der Waals surface area contributed by atoms with Crippen molar-refractivity contribution in [1.29, 1.82) is 0 Å². The fourth-order valence-corrected chi connectivity index (χ4v) is 5.60. The van der Waals surface area contributed by atoms with Crippen molar-refractivity contribution < 1.29 is 22.7 Å². The van der Waals surface area contributed by atoms with E-state index >= 15 is 0 Å². The largest absolute Gasteiger partial charge is 0.379 e. The number of hydrogen-bond acceptors (Lipinski definition) is 5. The molecule has 8 heteroatoms. The molecular formula is C21H34N2O5S. The van der Waals surface area contributed by atoms with Crippen LogP contribution in [0.1, 0.15) is 36.1 Å². The monoisotopic (exact) mass is 426 g/mol. The summed E-state index contributed by atoms with van der Waals surface area (Å²) in [6.07, 6.45) is -0.567. The van der Waals surface area contributed by atoms with Crippen molar-refractivity contribution in [3.63, 3.8) is 0 Å². The molecule has 0 bridgehead atoms. The number of amides is 1. The molecule has 0 aliphatic carbocycles. The Morgan fingerprint density at radius 1 is 1.03 bits per heavy atom. The topological polar surface area (TPSA) is 76.2 Å². The van der Waals surface area contributed by atoms with Gasteiger partial charge in [0.2, 0.25) is 10.0 Å². The number of carbonyl (C=O) groups is 1. The lowest BCUT2D eigenvalue weighted by Gasteiger charge is -2.35. The molecule has 7 nitrogen and oxygen atoms in total. The fraction of sp³-hybridized carbons (Fsp3) is 0.667. The molecule has 1 heterocycles. The zero-order chi connectivity index (χ0) is 21.8. The minimum Gasteiger partial charge on any atom is -0.379 e. The van der Waals surface area contributed by atoms with Crippen LogP contribution in [0.4, 0.5) is 0 Å². The summed E-state index contributed by atoms with van der Waals surface area (Å²) in [5.74, 6) is -0.114. The second kappa shape index (κ2) is 10.0. The summed E-state index contributed by atoms with van der Waals surface area (Å²) in [5.41, 5.74) is 3.53. The van der Waals surface area contributed by atoms with Gasteiger partial charge in [-0.05, 0) is 63.8 Å². The van der Waals surface area contributed by atoms with E-state index in [2.05, 4.69) is 0 Å². The number of carbonyl (C=O) groups excluding carboxylic acids is 1. The van der Waals surface area contributed by atoms with Crippen LogP contribution in [-0.4, -0.2) is 75.6 Å². The standard InChI is InChI=1S/C21H34N2O5S/c1-7-27-12-13-28-19(6)21(24)22-8-10-23(11-9-22)29(25,26)20-17(4)15(2)14-16(3)18(20)5/h14,19H,7-13H2,1-6H3. The van der Waals surface area contributed by atoms with Crippen LogP contribution in [0.3, 0.4) is 0 Å². The van der Waals surface area contributed by atoms with Gasteiger partial charge in [0, 0.05) is 32.8 Å². The van der Waals surface area contributed by atoms with Crippen LogP contribution in [0.25, 0.3) is 0 Å². The summed E-state index contributed by atoms with van der Waals surface area (Å²) < 4.78 is 38.9. The van der Waals surface area contributed by atoms with Gasteiger partial charge < -0.3 is 14.4 Å². The van der Waals surface area contributed by atoms with Crippen molar-refractivity contribution in [3.8, 4) is 0 Å². The molecule has 1 atom stereocenters. The molecule has 1 aliphatic heterocycles.